The quantitative estimate of drug-likeness (QED) is 0.902. The molecule has 3 N–H and O–H groups in total. The van der Waals surface area contributed by atoms with Crippen molar-refractivity contribution < 1.29 is 0 Å². The van der Waals surface area contributed by atoms with E-state index in [1.165, 1.54) is 0 Å². The smallest absolute Gasteiger partial charge is 0.171 e. The highest BCUT2D eigenvalue weighted by Crippen LogP contribution is 2.24. The fourth-order valence-electron chi connectivity index (χ4n) is 2.30. The second-order valence-corrected chi connectivity index (χ2v) is 4.71. The molecule has 0 atom stereocenters. The zero-order chi connectivity index (χ0) is 15.5. The highest BCUT2D eigenvalue weighted by Gasteiger charge is 2.20. The number of nitrogen functional groups attached to an aromatic ring is 1. The molecule has 0 fully saturated rings. The SMILES string of the molecule is CN=C1N=CC(c2nc(N)cc(-c3ccccc3)n2)=C1NC. The number of hydrogen-bond donors (Lipinski definition) is 2. The molecular formula is C16H16N6. The normalized spacial score (nSPS) is 15.6. The minimum atomic E-state index is 0.419. The number of nitrogens with one attached hydrogen (secondary N) is 1. The lowest BCUT2D eigenvalue weighted by atomic mass is 10.1. The van der Waals surface area contributed by atoms with Gasteiger partial charge in [0.15, 0.2) is 11.7 Å². The summed E-state index contributed by atoms with van der Waals surface area (Å²) in [6.45, 7) is 0. The Bertz CT molecular complexity index is 790. The van der Waals surface area contributed by atoms with Gasteiger partial charge >= 0.3 is 0 Å². The van der Waals surface area contributed by atoms with Crippen molar-refractivity contribution in [1.82, 2.24) is 15.3 Å². The molecule has 6 heteroatoms. The first-order valence-electron chi connectivity index (χ1n) is 6.86. The van der Waals surface area contributed by atoms with Gasteiger partial charge in [-0.2, -0.15) is 0 Å². The van der Waals surface area contributed by atoms with Crippen LogP contribution in [0.15, 0.2) is 52.1 Å². The van der Waals surface area contributed by atoms with Gasteiger partial charge in [0, 0.05) is 31.9 Å². The first-order valence-corrected chi connectivity index (χ1v) is 6.86. The van der Waals surface area contributed by atoms with E-state index >= 15 is 0 Å². The molecule has 2 aromatic rings. The van der Waals surface area contributed by atoms with E-state index in [4.69, 9.17) is 5.73 Å². The second-order valence-electron chi connectivity index (χ2n) is 4.71. The minimum absolute atomic E-state index is 0.419. The molecule has 0 unspecified atom stereocenters. The molecule has 1 aliphatic rings. The van der Waals surface area contributed by atoms with Crippen molar-refractivity contribution in [3.63, 3.8) is 0 Å². The minimum Gasteiger partial charge on any atom is -0.384 e. The molecule has 1 aromatic heterocycles. The summed E-state index contributed by atoms with van der Waals surface area (Å²) in [7, 11) is 3.52. The zero-order valence-corrected chi connectivity index (χ0v) is 12.4. The Morgan fingerprint density at radius 2 is 1.91 bits per heavy atom. The molecule has 1 aromatic carbocycles. The van der Waals surface area contributed by atoms with Crippen LogP contribution in [0.25, 0.3) is 16.8 Å². The van der Waals surface area contributed by atoms with Crippen LogP contribution >= 0.6 is 0 Å². The van der Waals surface area contributed by atoms with Gasteiger partial charge in [0.2, 0.25) is 0 Å². The van der Waals surface area contributed by atoms with Gasteiger partial charge in [-0.05, 0) is 0 Å². The van der Waals surface area contributed by atoms with Crippen molar-refractivity contribution in [2.45, 2.75) is 0 Å². The Hall–Kier alpha value is -3.02. The number of aromatic nitrogens is 2. The van der Waals surface area contributed by atoms with Gasteiger partial charge in [-0.3, -0.25) is 4.99 Å². The largest absolute Gasteiger partial charge is 0.384 e. The van der Waals surface area contributed by atoms with E-state index in [1.54, 1.807) is 19.3 Å². The Balaban J connectivity index is 2.14. The number of aliphatic imine (C=N–C) groups is 2. The van der Waals surface area contributed by atoms with Crippen LogP contribution in [-0.4, -0.2) is 36.1 Å². The molecule has 0 radical (unpaired) electrons. The molecule has 0 saturated heterocycles. The topological polar surface area (TPSA) is 88.5 Å². The van der Waals surface area contributed by atoms with Gasteiger partial charge in [0.05, 0.1) is 17.0 Å². The number of nitrogens with two attached hydrogens (primary N) is 1. The number of nitrogens with zero attached hydrogens (tertiary/aromatic N) is 4. The average molecular weight is 292 g/mol. The van der Waals surface area contributed by atoms with Crippen LogP contribution in [0.2, 0.25) is 0 Å². The van der Waals surface area contributed by atoms with Crippen LogP contribution in [0.3, 0.4) is 0 Å². The summed E-state index contributed by atoms with van der Waals surface area (Å²) >= 11 is 0. The van der Waals surface area contributed by atoms with Gasteiger partial charge in [0.25, 0.3) is 0 Å². The van der Waals surface area contributed by atoms with Crippen LogP contribution in [0.4, 0.5) is 5.82 Å². The van der Waals surface area contributed by atoms with Crippen molar-refractivity contribution in [3.05, 3.63) is 47.9 Å². The number of amidine groups is 1. The van der Waals surface area contributed by atoms with Crippen LogP contribution in [0, 0.1) is 0 Å². The van der Waals surface area contributed by atoms with Crippen molar-refractivity contribution >= 4 is 23.4 Å². The maximum atomic E-state index is 5.95. The molecule has 110 valence electrons. The molecule has 0 spiro atoms. The van der Waals surface area contributed by atoms with Crippen molar-refractivity contribution in [2.75, 3.05) is 19.8 Å². The molecule has 6 nitrogen and oxygen atoms in total. The van der Waals surface area contributed by atoms with Crippen LogP contribution < -0.4 is 11.1 Å². The summed E-state index contributed by atoms with van der Waals surface area (Å²) in [5, 5.41) is 3.10. The molecule has 3 rings (SSSR count). The molecule has 0 aliphatic carbocycles. The number of allylic oxidation sites excluding steroid dienone is 1. The third kappa shape index (κ3) is 2.46. The Kier molecular flexibility index (Phi) is 3.65. The van der Waals surface area contributed by atoms with Crippen LogP contribution in [0.5, 0.6) is 0 Å². The Morgan fingerprint density at radius 3 is 2.59 bits per heavy atom. The molecule has 1 aliphatic heterocycles. The van der Waals surface area contributed by atoms with E-state index in [0.29, 0.717) is 17.5 Å². The third-order valence-corrected chi connectivity index (χ3v) is 3.33. The van der Waals surface area contributed by atoms with Gasteiger partial charge in [-0.25, -0.2) is 15.0 Å². The Morgan fingerprint density at radius 1 is 1.14 bits per heavy atom. The lowest BCUT2D eigenvalue weighted by molar-refractivity contribution is 1.04. The number of hydrogen-bond acceptors (Lipinski definition) is 5. The summed E-state index contributed by atoms with van der Waals surface area (Å²) in [6.07, 6.45) is 1.71. The summed E-state index contributed by atoms with van der Waals surface area (Å²) in [5.74, 6) is 1.58. The second kappa shape index (κ2) is 5.77. The van der Waals surface area contributed by atoms with E-state index in [9.17, 15) is 0 Å². The van der Waals surface area contributed by atoms with E-state index in [1.807, 2.05) is 37.4 Å². The molecule has 0 amide bonds. The predicted molar refractivity (Wildman–Crippen MR) is 89.7 cm³/mol. The van der Waals surface area contributed by atoms with Crippen LogP contribution in [0.1, 0.15) is 5.82 Å². The highest BCUT2D eigenvalue weighted by molar-refractivity contribution is 6.27. The lowest BCUT2D eigenvalue weighted by Gasteiger charge is -2.08. The maximum Gasteiger partial charge on any atom is 0.171 e. The Labute approximate surface area is 128 Å². The summed E-state index contributed by atoms with van der Waals surface area (Å²) in [4.78, 5) is 17.3. The van der Waals surface area contributed by atoms with Crippen LogP contribution in [-0.2, 0) is 0 Å². The van der Waals surface area contributed by atoms with E-state index < -0.39 is 0 Å². The summed E-state index contributed by atoms with van der Waals surface area (Å²) in [5.41, 5.74) is 9.30. The molecular weight excluding hydrogens is 276 g/mol. The molecule has 0 saturated carbocycles. The van der Waals surface area contributed by atoms with Crippen molar-refractivity contribution in [2.24, 2.45) is 9.98 Å². The first kappa shape index (κ1) is 13.9. The van der Waals surface area contributed by atoms with Gasteiger partial charge < -0.3 is 11.1 Å². The summed E-state index contributed by atoms with van der Waals surface area (Å²) < 4.78 is 0. The highest BCUT2D eigenvalue weighted by atomic mass is 15.0. The van der Waals surface area contributed by atoms with Crippen molar-refractivity contribution in [3.8, 4) is 11.3 Å². The van der Waals surface area contributed by atoms with E-state index in [0.717, 1.165) is 22.5 Å². The standard InChI is InChI=1S/C16H16N6/c1-18-14-11(9-20-16(14)19-2)15-21-12(8-13(17)22-15)10-6-4-3-5-7-10/h3-9H,1-2H3,(H2,17,21,22)(H,18,19,20). The third-order valence-electron chi connectivity index (χ3n) is 3.33. The predicted octanol–water partition coefficient (Wildman–Crippen LogP) is 1.77. The molecule has 22 heavy (non-hydrogen) atoms. The number of benzene rings is 1. The monoisotopic (exact) mass is 292 g/mol. The van der Waals surface area contributed by atoms with Gasteiger partial charge in [0.1, 0.15) is 5.82 Å². The number of rotatable bonds is 3. The number of likely N-dealkylation sites (N-methyl/N-ethyl adjacent to an activating group) is 1. The molecule has 0 bridgehead atoms. The molecule has 2 heterocycles. The van der Waals surface area contributed by atoms with Gasteiger partial charge in [-0.15, -0.1) is 0 Å². The van der Waals surface area contributed by atoms with E-state index in [-0.39, 0.29) is 0 Å². The number of anilines is 1. The van der Waals surface area contributed by atoms with Crippen molar-refractivity contribution in [1.29, 1.82) is 0 Å². The summed E-state index contributed by atoms with van der Waals surface area (Å²) in [6, 6.07) is 11.6. The zero-order valence-electron chi connectivity index (χ0n) is 12.4. The fraction of sp³-hybridized carbons (Fsp3) is 0.125. The maximum absolute atomic E-state index is 5.95. The van der Waals surface area contributed by atoms with Gasteiger partial charge in [-0.1, -0.05) is 30.3 Å². The van der Waals surface area contributed by atoms with E-state index in [2.05, 4.69) is 25.3 Å². The average Bonchev–Trinajstić information content (AvgIpc) is 2.98. The first-order chi connectivity index (χ1) is 10.7. The lowest BCUT2D eigenvalue weighted by Crippen LogP contribution is -2.14. The fourth-order valence-corrected chi connectivity index (χ4v) is 2.30.